The normalized spacial score (nSPS) is 12.3. The number of hydrogen-bond donors (Lipinski definition) is 2. The molecule has 0 spiro atoms. The van der Waals surface area contributed by atoms with E-state index in [1.54, 1.807) is 13.8 Å². The van der Waals surface area contributed by atoms with E-state index in [1.807, 2.05) is 0 Å². The van der Waals surface area contributed by atoms with Gasteiger partial charge in [0.1, 0.15) is 6.04 Å². The highest BCUT2D eigenvalue weighted by Crippen LogP contribution is 2.23. The molecule has 1 unspecified atom stereocenters. The first-order chi connectivity index (χ1) is 10.6. The molecule has 1 aromatic rings. The zero-order valence-corrected chi connectivity index (χ0v) is 15.1. The number of nitrogens with one attached hydrogen (secondary N) is 1. The van der Waals surface area contributed by atoms with E-state index in [9.17, 15) is 9.59 Å². The summed E-state index contributed by atoms with van der Waals surface area (Å²) in [6.07, 6.45) is 1.91. The Balaban J connectivity index is 2.64. The highest BCUT2D eigenvalue weighted by molar-refractivity contribution is 5.83. The maximum Gasteiger partial charge on any atom is 0.326 e. The molecule has 0 aliphatic rings. The van der Waals surface area contributed by atoms with Gasteiger partial charge in [-0.2, -0.15) is 0 Å². The first-order valence-electron chi connectivity index (χ1n) is 8.23. The highest BCUT2D eigenvalue weighted by Gasteiger charge is 2.23. The van der Waals surface area contributed by atoms with Crippen molar-refractivity contribution in [3.05, 3.63) is 33.9 Å². The van der Waals surface area contributed by atoms with Gasteiger partial charge in [-0.1, -0.05) is 19.9 Å². The number of carbonyl (C=O) groups is 2. The summed E-state index contributed by atoms with van der Waals surface area (Å²) in [5, 5.41) is 11.7. The van der Waals surface area contributed by atoms with Gasteiger partial charge in [-0.15, -0.1) is 0 Å². The number of carbonyl (C=O) groups excluding carboxylic acids is 1. The summed E-state index contributed by atoms with van der Waals surface area (Å²) in [5.74, 6) is -1.29. The molecule has 1 aromatic carbocycles. The summed E-state index contributed by atoms with van der Waals surface area (Å²) >= 11 is 0. The Morgan fingerprint density at radius 3 is 2.04 bits per heavy atom. The fraction of sp³-hybridized carbons (Fsp3) is 0.579. The SMILES string of the molecule is Cc1cc(C)c(C)c(CCCC(=O)NC(C(=O)O)C(C)C)c1C. The van der Waals surface area contributed by atoms with E-state index < -0.39 is 12.0 Å². The molecule has 4 nitrogen and oxygen atoms in total. The Morgan fingerprint density at radius 1 is 1.09 bits per heavy atom. The molecule has 1 atom stereocenters. The van der Waals surface area contributed by atoms with Gasteiger partial charge < -0.3 is 10.4 Å². The van der Waals surface area contributed by atoms with Crippen molar-refractivity contribution >= 4 is 11.9 Å². The lowest BCUT2D eigenvalue weighted by Gasteiger charge is -2.18. The Bertz CT molecular complexity index is 565. The molecule has 1 rings (SSSR count). The van der Waals surface area contributed by atoms with Crippen LogP contribution in [0.4, 0.5) is 0 Å². The van der Waals surface area contributed by atoms with Crippen LogP contribution in [0, 0.1) is 33.6 Å². The zero-order chi connectivity index (χ0) is 17.7. The fourth-order valence-electron chi connectivity index (χ4n) is 2.86. The molecular formula is C19H29NO3. The van der Waals surface area contributed by atoms with Crippen molar-refractivity contribution in [1.82, 2.24) is 5.32 Å². The van der Waals surface area contributed by atoms with E-state index in [0.29, 0.717) is 6.42 Å². The van der Waals surface area contributed by atoms with Crippen LogP contribution in [0.2, 0.25) is 0 Å². The lowest BCUT2D eigenvalue weighted by atomic mass is 9.91. The monoisotopic (exact) mass is 319 g/mol. The second-order valence-corrected chi connectivity index (χ2v) is 6.72. The predicted molar refractivity (Wildman–Crippen MR) is 92.7 cm³/mol. The molecule has 0 heterocycles. The van der Waals surface area contributed by atoms with Crippen molar-refractivity contribution in [3.8, 4) is 0 Å². The maximum absolute atomic E-state index is 12.0. The molecule has 0 aliphatic carbocycles. The van der Waals surface area contributed by atoms with Gasteiger partial charge in [0.15, 0.2) is 0 Å². The number of rotatable bonds is 7. The molecule has 0 radical (unpaired) electrons. The molecule has 128 valence electrons. The van der Waals surface area contributed by atoms with Crippen LogP contribution in [0.1, 0.15) is 54.5 Å². The van der Waals surface area contributed by atoms with E-state index in [0.717, 1.165) is 12.8 Å². The number of carboxylic acids is 1. The van der Waals surface area contributed by atoms with Crippen LogP contribution in [0.5, 0.6) is 0 Å². The molecule has 4 heteroatoms. The van der Waals surface area contributed by atoms with Gasteiger partial charge in [0.2, 0.25) is 5.91 Å². The summed E-state index contributed by atoms with van der Waals surface area (Å²) in [5.41, 5.74) is 6.45. The van der Waals surface area contributed by atoms with Crippen molar-refractivity contribution in [2.75, 3.05) is 0 Å². The Labute approximate surface area is 139 Å². The van der Waals surface area contributed by atoms with Crippen LogP contribution < -0.4 is 5.32 Å². The van der Waals surface area contributed by atoms with Crippen LogP contribution in [-0.2, 0) is 16.0 Å². The van der Waals surface area contributed by atoms with Crippen LogP contribution in [0.25, 0.3) is 0 Å². The molecule has 0 saturated carbocycles. The largest absolute Gasteiger partial charge is 0.480 e. The number of carboxylic acid groups (broad SMARTS) is 1. The third-order valence-corrected chi connectivity index (χ3v) is 4.60. The first kappa shape index (κ1) is 19.2. The maximum atomic E-state index is 12.0. The van der Waals surface area contributed by atoms with Crippen LogP contribution in [-0.4, -0.2) is 23.0 Å². The summed E-state index contributed by atoms with van der Waals surface area (Å²) in [6, 6.07) is 1.38. The average Bonchev–Trinajstić information content (AvgIpc) is 2.45. The number of aliphatic carboxylic acids is 1. The first-order valence-corrected chi connectivity index (χ1v) is 8.23. The minimum atomic E-state index is -0.977. The van der Waals surface area contributed by atoms with Gasteiger partial charge in [0.05, 0.1) is 0 Å². The topological polar surface area (TPSA) is 66.4 Å². The number of benzene rings is 1. The smallest absolute Gasteiger partial charge is 0.326 e. The van der Waals surface area contributed by atoms with Gasteiger partial charge in [-0.25, -0.2) is 4.79 Å². The number of amides is 1. The quantitative estimate of drug-likeness (QED) is 0.808. The van der Waals surface area contributed by atoms with E-state index in [1.165, 1.54) is 27.8 Å². The number of hydrogen-bond acceptors (Lipinski definition) is 2. The van der Waals surface area contributed by atoms with E-state index in [2.05, 4.69) is 39.1 Å². The molecule has 0 bridgehead atoms. The lowest BCUT2D eigenvalue weighted by molar-refractivity contribution is -0.143. The zero-order valence-electron chi connectivity index (χ0n) is 15.1. The van der Waals surface area contributed by atoms with Gasteiger partial charge in [-0.05, 0) is 74.3 Å². The Hall–Kier alpha value is -1.84. The minimum absolute atomic E-state index is 0.125. The molecule has 0 fully saturated rings. The number of aryl methyl sites for hydroxylation is 2. The third kappa shape index (κ3) is 5.08. The van der Waals surface area contributed by atoms with Crippen LogP contribution >= 0.6 is 0 Å². The fourth-order valence-corrected chi connectivity index (χ4v) is 2.86. The van der Waals surface area contributed by atoms with Crippen molar-refractivity contribution in [3.63, 3.8) is 0 Å². The molecule has 0 aliphatic heterocycles. The van der Waals surface area contributed by atoms with E-state index >= 15 is 0 Å². The molecule has 23 heavy (non-hydrogen) atoms. The summed E-state index contributed by atoms with van der Waals surface area (Å²) in [6.45, 7) is 12.0. The highest BCUT2D eigenvalue weighted by atomic mass is 16.4. The van der Waals surface area contributed by atoms with E-state index in [-0.39, 0.29) is 11.8 Å². The van der Waals surface area contributed by atoms with Crippen molar-refractivity contribution in [2.24, 2.45) is 5.92 Å². The Morgan fingerprint density at radius 2 is 1.61 bits per heavy atom. The van der Waals surface area contributed by atoms with E-state index in [4.69, 9.17) is 5.11 Å². The third-order valence-electron chi connectivity index (χ3n) is 4.60. The standard InChI is InChI=1S/C19H29NO3/c1-11(2)18(19(22)23)20-17(21)9-7-8-16-14(5)12(3)10-13(4)15(16)6/h10-11,18H,7-9H2,1-6H3,(H,20,21)(H,22,23). The van der Waals surface area contributed by atoms with Crippen molar-refractivity contribution in [1.29, 1.82) is 0 Å². The molecular weight excluding hydrogens is 290 g/mol. The molecule has 1 amide bonds. The summed E-state index contributed by atoms with van der Waals surface area (Å²) in [7, 11) is 0. The van der Waals surface area contributed by atoms with Crippen molar-refractivity contribution < 1.29 is 14.7 Å². The summed E-state index contributed by atoms with van der Waals surface area (Å²) in [4.78, 5) is 23.1. The summed E-state index contributed by atoms with van der Waals surface area (Å²) < 4.78 is 0. The second-order valence-electron chi connectivity index (χ2n) is 6.72. The van der Waals surface area contributed by atoms with Gasteiger partial charge in [0, 0.05) is 6.42 Å². The Kier molecular flexibility index (Phi) is 6.79. The van der Waals surface area contributed by atoms with Gasteiger partial charge >= 0.3 is 5.97 Å². The van der Waals surface area contributed by atoms with Gasteiger partial charge in [-0.3, -0.25) is 4.79 Å². The molecule has 0 saturated heterocycles. The second kappa shape index (κ2) is 8.14. The molecule has 2 N–H and O–H groups in total. The average molecular weight is 319 g/mol. The van der Waals surface area contributed by atoms with Crippen molar-refractivity contribution in [2.45, 2.75) is 66.8 Å². The van der Waals surface area contributed by atoms with Gasteiger partial charge in [0.25, 0.3) is 0 Å². The lowest BCUT2D eigenvalue weighted by Crippen LogP contribution is -2.44. The minimum Gasteiger partial charge on any atom is -0.480 e. The molecule has 0 aromatic heterocycles. The van der Waals surface area contributed by atoms with Crippen LogP contribution in [0.3, 0.4) is 0 Å². The predicted octanol–water partition coefficient (Wildman–Crippen LogP) is 3.47. The van der Waals surface area contributed by atoms with Crippen LogP contribution in [0.15, 0.2) is 6.07 Å².